The average Bonchev–Trinajstić information content (AvgIpc) is 3.46. The maximum atomic E-state index is 14.1. The zero-order chi connectivity index (χ0) is 31.1. The molecule has 2 aliphatic rings. The topological polar surface area (TPSA) is 112 Å². The molecule has 1 saturated heterocycles. The fraction of sp³-hybridized carbons (Fsp3) is 0.250. The number of phenolic OH excluding ortho intramolecular Hbond substituents is 1. The number of imide groups is 1. The van der Waals surface area contributed by atoms with Crippen LogP contribution in [0.15, 0.2) is 82.6 Å². The first-order chi connectivity index (χ1) is 21.2. The number of thiazole rings is 1. The van der Waals surface area contributed by atoms with E-state index in [-0.39, 0.29) is 29.0 Å². The average molecular weight is 649 g/mol. The molecule has 0 spiro atoms. The maximum absolute atomic E-state index is 14.1. The van der Waals surface area contributed by atoms with E-state index in [4.69, 9.17) is 11.6 Å². The van der Waals surface area contributed by atoms with E-state index >= 15 is 0 Å². The highest BCUT2D eigenvalue weighted by atomic mass is 35.5. The molecule has 1 fully saturated rings. The Morgan fingerprint density at radius 2 is 1.59 bits per heavy atom. The predicted octanol–water partition coefficient (Wildman–Crippen LogP) is 5.55. The van der Waals surface area contributed by atoms with Crippen LogP contribution < -0.4 is 20.0 Å². The third-order valence-corrected chi connectivity index (χ3v) is 10.8. The number of nitrogens with zero attached hydrogens (tertiary/aromatic N) is 3. The number of aromatic hydroxyl groups is 1. The SMILES string of the molecule is CCN(CC)c1ccc(C2c3sc(=O)n(CC(=O)Nc4ccc(O)cc4)c3SC3C(=O)N(c4ccc(Cl)cc4)C(=O)C32)cc1. The molecule has 3 unspecified atom stereocenters. The number of carbonyl (C=O) groups excluding carboxylic acids is 3. The van der Waals surface area contributed by atoms with Crippen LogP contribution in [0.1, 0.15) is 30.2 Å². The van der Waals surface area contributed by atoms with E-state index in [0.717, 1.165) is 35.7 Å². The highest BCUT2D eigenvalue weighted by Crippen LogP contribution is 2.54. The van der Waals surface area contributed by atoms with Gasteiger partial charge in [-0.3, -0.25) is 23.7 Å². The first kappa shape index (κ1) is 30.0. The van der Waals surface area contributed by atoms with Gasteiger partial charge in [0.2, 0.25) is 17.7 Å². The molecule has 6 rings (SSSR count). The molecule has 3 heterocycles. The van der Waals surface area contributed by atoms with Gasteiger partial charge in [0.1, 0.15) is 17.5 Å². The van der Waals surface area contributed by atoms with Crippen LogP contribution in [-0.4, -0.2) is 45.7 Å². The fourth-order valence-electron chi connectivity index (χ4n) is 5.83. The first-order valence-corrected chi connectivity index (χ1v) is 16.2. The van der Waals surface area contributed by atoms with Gasteiger partial charge in [0, 0.05) is 40.3 Å². The zero-order valence-electron chi connectivity index (χ0n) is 23.9. The second kappa shape index (κ2) is 12.1. The Morgan fingerprint density at radius 1 is 0.932 bits per heavy atom. The number of aromatic nitrogens is 1. The first-order valence-electron chi connectivity index (χ1n) is 14.2. The number of thioether (sulfide) groups is 1. The molecular formula is C32H29ClN4O5S2. The van der Waals surface area contributed by atoms with Crippen molar-refractivity contribution < 1.29 is 19.5 Å². The summed E-state index contributed by atoms with van der Waals surface area (Å²) in [4.78, 5) is 58.2. The normalized spacial score (nSPS) is 19.1. The van der Waals surface area contributed by atoms with Crippen molar-refractivity contribution in [2.24, 2.45) is 5.92 Å². The summed E-state index contributed by atoms with van der Waals surface area (Å²) in [5, 5.41) is 12.5. The number of hydrogen-bond acceptors (Lipinski definition) is 8. The minimum absolute atomic E-state index is 0.0664. The summed E-state index contributed by atoms with van der Waals surface area (Å²) < 4.78 is 1.39. The number of rotatable bonds is 8. The minimum atomic E-state index is -0.793. The number of anilines is 3. The molecule has 1 aromatic heterocycles. The lowest BCUT2D eigenvalue weighted by Gasteiger charge is -2.31. The van der Waals surface area contributed by atoms with E-state index in [1.54, 1.807) is 36.4 Å². The van der Waals surface area contributed by atoms with Crippen LogP contribution in [0.3, 0.4) is 0 Å². The van der Waals surface area contributed by atoms with Crippen molar-refractivity contribution in [3.8, 4) is 5.75 Å². The lowest BCUT2D eigenvalue weighted by molar-refractivity contribution is -0.122. The van der Waals surface area contributed by atoms with Crippen molar-refractivity contribution >= 4 is 69.5 Å². The van der Waals surface area contributed by atoms with E-state index < -0.39 is 23.0 Å². The van der Waals surface area contributed by atoms with Gasteiger partial charge in [-0.1, -0.05) is 46.8 Å². The van der Waals surface area contributed by atoms with E-state index in [1.165, 1.54) is 33.4 Å². The van der Waals surface area contributed by atoms with Crippen LogP contribution in [0.25, 0.3) is 0 Å². The quantitative estimate of drug-likeness (QED) is 0.190. The van der Waals surface area contributed by atoms with Crippen molar-refractivity contribution in [1.82, 2.24) is 4.57 Å². The van der Waals surface area contributed by atoms with Crippen LogP contribution in [-0.2, 0) is 20.9 Å². The number of benzene rings is 3. The zero-order valence-corrected chi connectivity index (χ0v) is 26.3. The van der Waals surface area contributed by atoms with Crippen LogP contribution >= 0.6 is 34.7 Å². The number of fused-ring (bicyclic) bond motifs is 2. The van der Waals surface area contributed by atoms with Gasteiger partial charge in [-0.2, -0.15) is 0 Å². The monoisotopic (exact) mass is 648 g/mol. The Balaban J connectivity index is 1.41. The molecule has 3 aromatic carbocycles. The summed E-state index contributed by atoms with van der Waals surface area (Å²) >= 11 is 8.25. The van der Waals surface area contributed by atoms with Gasteiger partial charge in [0.25, 0.3) is 0 Å². The Kier molecular flexibility index (Phi) is 8.28. The summed E-state index contributed by atoms with van der Waals surface area (Å²) in [6.45, 7) is 5.57. The Morgan fingerprint density at radius 3 is 2.23 bits per heavy atom. The smallest absolute Gasteiger partial charge is 0.308 e. The molecule has 2 aliphatic heterocycles. The van der Waals surface area contributed by atoms with E-state index in [2.05, 4.69) is 24.1 Å². The number of halogens is 1. The molecular weight excluding hydrogens is 620 g/mol. The molecule has 226 valence electrons. The number of nitrogens with one attached hydrogen (secondary N) is 1. The molecule has 0 aliphatic carbocycles. The lowest BCUT2D eigenvalue weighted by Crippen LogP contribution is -2.33. The van der Waals surface area contributed by atoms with Crippen LogP contribution in [0.4, 0.5) is 17.1 Å². The van der Waals surface area contributed by atoms with Crippen molar-refractivity contribution in [1.29, 1.82) is 0 Å². The second-order valence-electron chi connectivity index (χ2n) is 10.5. The van der Waals surface area contributed by atoms with E-state index in [9.17, 15) is 24.3 Å². The number of phenols is 1. The molecule has 12 heteroatoms. The van der Waals surface area contributed by atoms with E-state index in [1.807, 2.05) is 24.3 Å². The number of carbonyl (C=O) groups is 3. The van der Waals surface area contributed by atoms with E-state index in [0.29, 0.717) is 26.3 Å². The highest BCUT2D eigenvalue weighted by Gasteiger charge is 2.56. The van der Waals surface area contributed by atoms with Gasteiger partial charge in [0.05, 0.1) is 16.6 Å². The van der Waals surface area contributed by atoms with Gasteiger partial charge in [-0.05, 0) is 80.1 Å². The van der Waals surface area contributed by atoms with Gasteiger partial charge in [-0.25, -0.2) is 4.90 Å². The second-order valence-corrected chi connectivity index (χ2v) is 13.1. The van der Waals surface area contributed by atoms with Crippen LogP contribution in [0, 0.1) is 5.92 Å². The molecule has 0 bridgehead atoms. The molecule has 0 radical (unpaired) electrons. The largest absolute Gasteiger partial charge is 0.508 e. The fourth-order valence-corrected chi connectivity index (χ4v) is 8.73. The Bertz CT molecular complexity index is 1780. The van der Waals surface area contributed by atoms with Crippen LogP contribution in [0.5, 0.6) is 5.75 Å². The van der Waals surface area contributed by atoms with Gasteiger partial charge in [-0.15, -0.1) is 0 Å². The summed E-state index contributed by atoms with van der Waals surface area (Å²) in [5.74, 6) is -2.38. The van der Waals surface area contributed by atoms with Crippen molar-refractivity contribution in [3.63, 3.8) is 0 Å². The van der Waals surface area contributed by atoms with Gasteiger partial charge < -0.3 is 15.3 Å². The predicted molar refractivity (Wildman–Crippen MR) is 174 cm³/mol. The molecule has 44 heavy (non-hydrogen) atoms. The van der Waals surface area contributed by atoms with Gasteiger partial charge in [0.15, 0.2) is 0 Å². The Labute approximate surface area is 267 Å². The Hall–Kier alpha value is -4.06. The van der Waals surface area contributed by atoms with Crippen molar-refractivity contribution in [3.05, 3.63) is 97.9 Å². The van der Waals surface area contributed by atoms with Crippen molar-refractivity contribution in [2.45, 2.75) is 36.6 Å². The minimum Gasteiger partial charge on any atom is -0.508 e. The lowest BCUT2D eigenvalue weighted by atomic mass is 9.83. The maximum Gasteiger partial charge on any atom is 0.308 e. The van der Waals surface area contributed by atoms with Crippen molar-refractivity contribution in [2.75, 3.05) is 28.2 Å². The summed E-state index contributed by atoms with van der Waals surface area (Å²) in [5.41, 5.74) is 2.76. The molecule has 2 N–H and O–H groups in total. The molecule has 3 amide bonds. The molecule has 9 nitrogen and oxygen atoms in total. The molecule has 4 aromatic rings. The summed E-state index contributed by atoms with van der Waals surface area (Å²) in [6, 6.07) is 20.5. The molecule has 3 atom stereocenters. The summed E-state index contributed by atoms with van der Waals surface area (Å²) in [7, 11) is 0. The number of amides is 3. The van der Waals surface area contributed by atoms with Gasteiger partial charge >= 0.3 is 4.87 Å². The number of hydrogen-bond donors (Lipinski definition) is 2. The van der Waals surface area contributed by atoms with Crippen LogP contribution in [0.2, 0.25) is 5.02 Å². The highest BCUT2D eigenvalue weighted by molar-refractivity contribution is 8.00. The summed E-state index contributed by atoms with van der Waals surface area (Å²) in [6.07, 6.45) is 0. The third kappa shape index (κ3) is 5.40. The third-order valence-electron chi connectivity index (χ3n) is 7.97. The standard InChI is InChI=1S/C32H29ClN4O5S2/c1-3-35(4-2)21-11-5-18(6-12-21)25-26-27(30(41)37(29(26)40)22-13-7-19(33)8-14-22)43-31-28(25)44-32(42)36(31)17-24(39)34-20-9-15-23(38)16-10-20/h5-16,25-27,38H,3-4,17H2,1-2H3,(H,34,39). The molecule has 0 saturated carbocycles.